The van der Waals surface area contributed by atoms with Gasteiger partial charge in [0.2, 0.25) is 12.3 Å². The minimum atomic E-state index is 0.167. The van der Waals surface area contributed by atoms with Crippen LogP contribution < -0.4 is 4.57 Å². The number of hydrogen-bond donors (Lipinski definition) is 0. The predicted octanol–water partition coefficient (Wildman–Crippen LogP) is 5.91. The van der Waals surface area contributed by atoms with E-state index in [2.05, 4.69) is 48.0 Å². The molecule has 3 aromatic rings. The van der Waals surface area contributed by atoms with Crippen LogP contribution in [0.25, 0.3) is 10.8 Å². The molecule has 0 spiro atoms. The number of fused-ring (bicyclic) bond motifs is 1. The zero-order valence-electron chi connectivity index (χ0n) is 16.4. The number of hydrogen-bond acceptors (Lipinski definition) is 1. The van der Waals surface area contributed by atoms with Crippen LogP contribution in [0.4, 0.5) is 0 Å². The molecule has 3 rings (SSSR count). The van der Waals surface area contributed by atoms with E-state index in [-0.39, 0.29) is 5.78 Å². The molecule has 2 heteroatoms. The van der Waals surface area contributed by atoms with Crippen LogP contribution >= 0.6 is 0 Å². The van der Waals surface area contributed by atoms with E-state index in [4.69, 9.17) is 0 Å². The molecule has 0 aliphatic carbocycles. The van der Waals surface area contributed by atoms with Gasteiger partial charge in [0, 0.05) is 23.4 Å². The van der Waals surface area contributed by atoms with Gasteiger partial charge in [-0.2, -0.15) is 4.57 Å². The maximum atomic E-state index is 12.7. The van der Waals surface area contributed by atoms with Gasteiger partial charge in [-0.3, -0.25) is 4.79 Å². The van der Waals surface area contributed by atoms with Gasteiger partial charge >= 0.3 is 0 Å². The number of aryl methyl sites for hydroxylation is 1. The topological polar surface area (TPSA) is 20.9 Å². The molecule has 1 heterocycles. The van der Waals surface area contributed by atoms with Gasteiger partial charge in [0.15, 0.2) is 11.9 Å². The Kier molecular flexibility index (Phi) is 7.15. The van der Waals surface area contributed by atoms with E-state index in [1.807, 2.05) is 30.3 Å². The number of ketones is 1. The predicted molar refractivity (Wildman–Crippen MR) is 112 cm³/mol. The summed E-state index contributed by atoms with van der Waals surface area (Å²) in [6, 6.07) is 20.2. The first kappa shape index (κ1) is 19.3. The molecular weight excluding hydrogens is 330 g/mol. The normalized spacial score (nSPS) is 11.0. The molecule has 0 atom stereocenters. The largest absolute Gasteiger partial charge is 0.287 e. The average Bonchev–Trinajstić information content (AvgIpc) is 2.72. The van der Waals surface area contributed by atoms with E-state index in [0.717, 1.165) is 12.0 Å². The van der Waals surface area contributed by atoms with Crippen LogP contribution in [-0.2, 0) is 13.0 Å². The molecule has 0 saturated carbocycles. The first-order chi connectivity index (χ1) is 13.3. The molecule has 0 aliphatic heterocycles. The van der Waals surface area contributed by atoms with Crippen molar-refractivity contribution in [1.82, 2.24) is 0 Å². The first-order valence-electron chi connectivity index (χ1n) is 10.3. The smallest absolute Gasteiger partial charge is 0.227 e. The van der Waals surface area contributed by atoms with Gasteiger partial charge in [0.1, 0.15) is 0 Å². The lowest BCUT2D eigenvalue weighted by molar-refractivity contribution is -0.689. The SMILES string of the molecule is CCCCCCCCc1c2ccccc2cc[n+]1CC(=O)c1ccccc1. The van der Waals surface area contributed by atoms with Crippen molar-refractivity contribution in [3.8, 4) is 0 Å². The highest BCUT2D eigenvalue weighted by molar-refractivity contribution is 5.95. The summed E-state index contributed by atoms with van der Waals surface area (Å²) in [5, 5.41) is 2.52. The summed E-state index contributed by atoms with van der Waals surface area (Å²) in [5.41, 5.74) is 2.07. The molecule has 0 radical (unpaired) electrons. The highest BCUT2D eigenvalue weighted by Crippen LogP contribution is 2.18. The monoisotopic (exact) mass is 360 g/mol. The number of unbranched alkanes of at least 4 members (excludes halogenated alkanes) is 5. The van der Waals surface area contributed by atoms with Crippen LogP contribution in [0.2, 0.25) is 0 Å². The van der Waals surface area contributed by atoms with Crippen molar-refractivity contribution in [2.45, 2.75) is 58.4 Å². The molecule has 0 unspecified atom stereocenters. The fourth-order valence-corrected chi connectivity index (χ4v) is 3.69. The molecule has 0 fully saturated rings. The second-order valence-electron chi connectivity index (χ2n) is 7.28. The van der Waals surface area contributed by atoms with Gasteiger partial charge in [-0.1, -0.05) is 87.6 Å². The van der Waals surface area contributed by atoms with Gasteiger partial charge < -0.3 is 0 Å². The molecule has 2 nitrogen and oxygen atoms in total. The first-order valence-corrected chi connectivity index (χ1v) is 10.3. The van der Waals surface area contributed by atoms with Crippen molar-refractivity contribution >= 4 is 16.6 Å². The average molecular weight is 361 g/mol. The summed E-state index contributed by atoms with van der Waals surface area (Å²) in [4.78, 5) is 12.7. The summed E-state index contributed by atoms with van der Waals surface area (Å²) in [6.45, 7) is 2.66. The lowest BCUT2D eigenvalue weighted by Crippen LogP contribution is -2.42. The third-order valence-corrected chi connectivity index (χ3v) is 5.23. The van der Waals surface area contributed by atoms with Gasteiger partial charge in [-0.05, 0) is 17.9 Å². The highest BCUT2D eigenvalue weighted by atomic mass is 16.1. The van der Waals surface area contributed by atoms with Crippen molar-refractivity contribution in [3.05, 3.63) is 78.1 Å². The summed E-state index contributed by atoms with van der Waals surface area (Å²) in [6.07, 6.45) is 10.8. The number of rotatable bonds is 10. The lowest BCUT2D eigenvalue weighted by atomic mass is 10.0. The van der Waals surface area contributed by atoms with E-state index < -0.39 is 0 Å². The molecule has 2 aromatic carbocycles. The standard InChI is InChI=1S/C25H30NO/c1-2-3-4-5-6-10-17-24-23-16-12-11-13-21(23)18-19-26(24)20-25(27)22-14-8-7-9-15-22/h7-9,11-16,18-19H,2-6,10,17,20H2,1H3/q+1. The van der Waals surface area contributed by atoms with Crippen LogP contribution in [0.3, 0.4) is 0 Å². The fraction of sp³-hybridized carbons (Fsp3) is 0.360. The molecule has 27 heavy (non-hydrogen) atoms. The van der Waals surface area contributed by atoms with E-state index in [9.17, 15) is 4.79 Å². The van der Waals surface area contributed by atoms with Crippen molar-refractivity contribution in [3.63, 3.8) is 0 Å². The Labute approximate surface area is 162 Å². The minimum Gasteiger partial charge on any atom is -0.287 e. The van der Waals surface area contributed by atoms with Crippen LogP contribution in [0.15, 0.2) is 66.9 Å². The molecule has 0 bridgehead atoms. The Morgan fingerprint density at radius 3 is 2.33 bits per heavy atom. The van der Waals surface area contributed by atoms with E-state index in [0.29, 0.717) is 6.54 Å². The van der Waals surface area contributed by atoms with Crippen molar-refractivity contribution in [2.24, 2.45) is 0 Å². The Morgan fingerprint density at radius 1 is 0.815 bits per heavy atom. The minimum absolute atomic E-state index is 0.167. The number of nitrogens with zero attached hydrogens (tertiary/aromatic N) is 1. The second-order valence-corrected chi connectivity index (χ2v) is 7.28. The lowest BCUT2D eigenvalue weighted by Gasteiger charge is -2.08. The van der Waals surface area contributed by atoms with E-state index in [1.165, 1.54) is 55.0 Å². The Bertz CT molecular complexity index is 870. The number of pyridine rings is 1. The number of carbonyl (C=O) groups is 1. The van der Waals surface area contributed by atoms with Gasteiger partial charge in [-0.15, -0.1) is 0 Å². The van der Waals surface area contributed by atoms with Crippen LogP contribution in [0.1, 0.15) is 61.5 Å². The van der Waals surface area contributed by atoms with Crippen molar-refractivity contribution in [1.29, 1.82) is 0 Å². The van der Waals surface area contributed by atoms with E-state index >= 15 is 0 Å². The van der Waals surface area contributed by atoms with Gasteiger partial charge in [0.25, 0.3) is 0 Å². The van der Waals surface area contributed by atoms with Gasteiger partial charge in [-0.25, -0.2) is 0 Å². The maximum absolute atomic E-state index is 12.7. The number of aromatic nitrogens is 1. The molecule has 1 aromatic heterocycles. The van der Waals surface area contributed by atoms with Gasteiger partial charge in [0.05, 0.1) is 0 Å². The van der Waals surface area contributed by atoms with Crippen LogP contribution in [0, 0.1) is 0 Å². The molecule has 0 saturated heterocycles. The van der Waals surface area contributed by atoms with Crippen LogP contribution in [-0.4, -0.2) is 5.78 Å². The number of benzene rings is 2. The summed E-state index contributed by atoms with van der Waals surface area (Å²) < 4.78 is 2.16. The maximum Gasteiger partial charge on any atom is 0.227 e. The third-order valence-electron chi connectivity index (χ3n) is 5.23. The molecular formula is C25H30NO+. The Balaban J connectivity index is 1.78. The summed E-state index contributed by atoms with van der Waals surface area (Å²) >= 11 is 0. The second kappa shape index (κ2) is 10.0. The summed E-state index contributed by atoms with van der Waals surface area (Å²) in [5.74, 6) is 0.167. The Morgan fingerprint density at radius 2 is 1.52 bits per heavy atom. The quantitative estimate of drug-likeness (QED) is 0.250. The van der Waals surface area contributed by atoms with Crippen molar-refractivity contribution < 1.29 is 9.36 Å². The van der Waals surface area contributed by atoms with Crippen LogP contribution in [0.5, 0.6) is 0 Å². The molecule has 0 N–H and O–H groups in total. The van der Waals surface area contributed by atoms with E-state index in [1.54, 1.807) is 0 Å². The number of carbonyl (C=O) groups excluding carboxylic acids is 1. The zero-order chi connectivity index (χ0) is 18.9. The highest BCUT2D eigenvalue weighted by Gasteiger charge is 2.19. The number of Topliss-reactive ketones (excluding diaryl/α,β-unsaturated/α-hetero) is 1. The molecule has 140 valence electrons. The summed E-state index contributed by atoms with van der Waals surface area (Å²) in [7, 11) is 0. The molecule has 0 aliphatic rings. The zero-order valence-corrected chi connectivity index (χ0v) is 16.4. The third kappa shape index (κ3) is 5.26. The Hall–Kier alpha value is -2.48. The fourth-order valence-electron chi connectivity index (χ4n) is 3.69. The van der Waals surface area contributed by atoms with Crippen molar-refractivity contribution in [2.75, 3.05) is 0 Å². The molecule has 0 amide bonds.